The molecule has 3 nitrogen and oxygen atoms in total. The number of nitrogens with zero attached hydrogens (tertiary/aromatic N) is 1. The molecule has 1 atom stereocenters. The number of aliphatic hydroxyl groups excluding tert-OH is 1. The number of H-pyrrole nitrogens is 1. The number of aromatic nitrogens is 2. The van der Waals surface area contributed by atoms with E-state index in [9.17, 15) is 5.11 Å². The largest absolute Gasteiger partial charge is 0.384 e. The quantitative estimate of drug-likeness (QED) is 0.748. The highest BCUT2D eigenvalue weighted by molar-refractivity contribution is 6.35. The lowest BCUT2D eigenvalue weighted by Gasteiger charge is -2.12. The summed E-state index contributed by atoms with van der Waals surface area (Å²) in [6.07, 6.45) is 0.847. The van der Waals surface area contributed by atoms with E-state index in [0.29, 0.717) is 21.3 Å². The number of nitrogens with one attached hydrogen (secondary N) is 1. The minimum Gasteiger partial charge on any atom is -0.384 e. The summed E-state index contributed by atoms with van der Waals surface area (Å²) in [5.74, 6) is 0. The van der Waals surface area contributed by atoms with Crippen molar-refractivity contribution in [2.24, 2.45) is 0 Å². The molecular formula is C16H12Cl2N2O. The summed E-state index contributed by atoms with van der Waals surface area (Å²) in [7, 11) is 0. The molecule has 3 aromatic rings. The van der Waals surface area contributed by atoms with Gasteiger partial charge >= 0.3 is 0 Å². The molecule has 1 heterocycles. The topological polar surface area (TPSA) is 48.9 Å². The smallest absolute Gasteiger partial charge is 0.108 e. The summed E-state index contributed by atoms with van der Waals surface area (Å²) < 4.78 is 0. The molecule has 5 heteroatoms. The Morgan fingerprint density at radius 2 is 1.67 bits per heavy atom. The van der Waals surface area contributed by atoms with E-state index in [1.54, 1.807) is 24.4 Å². The van der Waals surface area contributed by atoms with Crippen molar-refractivity contribution < 1.29 is 5.11 Å². The predicted octanol–water partition coefficient (Wildman–Crippen LogP) is 4.47. The Morgan fingerprint density at radius 3 is 2.33 bits per heavy atom. The van der Waals surface area contributed by atoms with Gasteiger partial charge in [0.25, 0.3) is 0 Å². The van der Waals surface area contributed by atoms with Crippen molar-refractivity contribution in [3.63, 3.8) is 0 Å². The van der Waals surface area contributed by atoms with Crippen LogP contribution in [0.25, 0.3) is 11.3 Å². The van der Waals surface area contributed by atoms with E-state index in [1.165, 1.54) is 0 Å². The van der Waals surface area contributed by atoms with Crippen LogP contribution in [0.4, 0.5) is 0 Å². The van der Waals surface area contributed by atoms with Gasteiger partial charge in [-0.2, -0.15) is 5.10 Å². The normalized spacial score (nSPS) is 12.3. The van der Waals surface area contributed by atoms with Crippen LogP contribution < -0.4 is 0 Å². The van der Waals surface area contributed by atoms with Gasteiger partial charge in [-0.3, -0.25) is 5.10 Å². The molecule has 106 valence electrons. The average Bonchev–Trinajstić information content (AvgIpc) is 2.96. The van der Waals surface area contributed by atoms with Gasteiger partial charge in [0.05, 0.1) is 11.9 Å². The standard InChI is InChI=1S/C16H12Cl2N2O/c17-12-6-11(7-13(18)8-12)15-14(9-19-20-15)16(21)10-4-2-1-3-5-10/h1-9,16,21H,(H,19,20). The molecule has 0 radical (unpaired) electrons. The molecule has 0 aliphatic carbocycles. The Labute approximate surface area is 132 Å². The molecule has 2 N–H and O–H groups in total. The zero-order valence-electron chi connectivity index (χ0n) is 10.9. The molecule has 0 saturated carbocycles. The summed E-state index contributed by atoms with van der Waals surface area (Å²) >= 11 is 12.1. The van der Waals surface area contributed by atoms with Crippen molar-refractivity contribution in [2.75, 3.05) is 0 Å². The van der Waals surface area contributed by atoms with E-state index in [0.717, 1.165) is 11.1 Å². The fourth-order valence-corrected chi connectivity index (χ4v) is 2.77. The van der Waals surface area contributed by atoms with E-state index in [-0.39, 0.29) is 0 Å². The van der Waals surface area contributed by atoms with Crippen molar-refractivity contribution in [3.8, 4) is 11.3 Å². The lowest BCUT2D eigenvalue weighted by Crippen LogP contribution is -2.00. The molecule has 0 fully saturated rings. The molecule has 1 aromatic heterocycles. The van der Waals surface area contributed by atoms with Crippen LogP contribution in [-0.4, -0.2) is 15.3 Å². The van der Waals surface area contributed by atoms with Gasteiger partial charge in [0.2, 0.25) is 0 Å². The Morgan fingerprint density at radius 1 is 1.00 bits per heavy atom. The molecule has 0 amide bonds. The van der Waals surface area contributed by atoms with E-state index in [4.69, 9.17) is 23.2 Å². The van der Waals surface area contributed by atoms with Gasteiger partial charge in [-0.1, -0.05) is 53.5 Å². The van der Waals surface area contributed by atoms with Crippen molar-refractivity contribution in [1.82, 2.24) is 10.2 Å². The van der Waals surface area contributed by atoms with E-state index in [1.807, 2.05) is 30.3 Å². The first-order valence-electron chi connectivity index (χ1n) is 6.38. The predicted molar refractivity (Wildman–Crippen MR) is 84.5 cm³/mol. The average molecular weight is 319 g/mol. The fraction of sp³-hybridized carbons (Fsp3) is 0.0625. The van der Waals surface area contributed by atoms with Crippen LogP contribution in [0, 0.1) is 0 Å². The van der Waals surface area contributed by atoms with Crippen LogP contribution >= 0.6 is 23.2 Å². The van der Waals surface area contributed by atoms with E-state index in [2.05, 4.69) is 10.2 Å². The van der Waals surface area contributed by atoms with Gasteiger partial charge in [0.1, 0.15) is 6.10 Å². The van der Waals surface area contributed by atoms with Crippen LogP contribution in [-0.2, 0) is 0 Å². The maximum atomic E-state index is 10.5. The van der Waals surface area contributed by atoms with Gasteiger partial charge in [-0.05, 0) is 23.8 Å². The Hall–Kier alpha value is -1.81. The molecular weight excluding hydrogens is 307 g/mol. The lowest BCUT2D eigenvalue weighted by atomic mass is 9.99. The SMILES string of the molecule is OC(c1ccccc1)c1cn[nH]c1-c1cc(Cl)cc(Cl)c1. The molecule has 1 unspecified atom stereocenters. The number of aromatic amines is 1. The van der Waals surface area contributed by atoms with Crippen LogP contribution in [0.2, 0.25) is 10.0 Å². The third kappa shape index (κ3) is 2.95. The first-order valence-corrected chi connectivity index (χ1v) is 7.13. The Kier molecular flexibility index (Phi) is 3.97. The minimum absolute atomic E-state index is 0.534. The second kappa shape index (κ2) is 5.90. The second-order valence-electron chi connectivity index (χ2n) is 4.67. The molecule has 0 aliphatic rings. The van der Waals surface area contributed by atoms with Crippen LogP contribution in [0.1, 0.15) is 17.2 Å². The molecule has 3 rings (SSSR count). The highest BCUT2D eigenvalue weighted by atomic mass is 35.5. The van der Waals surface area contributed by atoms with E-state index < -0.39 is 6.10 Å². The van der Waals surface area contributed by atoms with Crippen LogP contribution in [0.15, 0.2) is 54.7 Å². The molecule has 21 heavy (non-hydrogen) atoms. The molecule has 0 saturated heterocycles. The first kappa shape index (κ1) is 14.1. The third-order valence-electron chi connectivity index (χ3n) is 3.23. The monoisotopic (exact) mass is 318 g/mol. The van der Waals surface area contributed by atoms with Crippen molar-refractivity contribution in [1.29, 1.82) is 0 Å². The maximum absolute atomic E-state index is 10.5. The van der Waals surface area contributed by atoms with Crippen molar-refractivity contribution >= 4 is 23.2 Å². The van der Waals surface area contributed by atoms with Crippen LogP contribution in [0.5, 0.6) is 0 Å². The number of benzene rings is 2. The highest BCUT2D eigenvalue weighted by Gasteiger charge is 2.18. The summed E-state index contributed by atoms with van der Waals surface area (Å²) in [5, 5.41) is 18.5. The molecule has 0 spiro atoms. The number of rotatable bonds is 3. The molecule has 0 bridgehead atoms. The van der Waals surface area contributed by atoms with Gasteiger partial charge < -0.3 is 5.11 Å². The van der Waals surface area contributed by atoms with E-state index >= 15 is 0 Å². The molecule has 0 aliphatic heterocycles. The zero-order valence-corrected chi connectivity index (χ0v) is 12.4. The summed E-state index contributed by atoms with van der Waals surface area (Å²) in [6, 6.07) is 14.6. The zero-order chi connectivity index (χ0) is 14.8. The number of halogens is 2. The number of hydrogen-bond acceptors (Lipinski definition) is 2. The summed E-state index contributed by atoms with van der Waals surface area (Å²) in [4.78, 5) is 0. The lowest BCUT2D eigenvalue weighted by molar-refractivity contribution is 0.221. The second-order valence-corrected chi connectivity index (χ2v) is 5.54. The summed E-state index contributed by atoms with van der Waals surface area (Å²) in [6.45, 7) is 0. The molecule has 2 aromatic carbocycles. The Balaban J connectivity index is 2.05. The van der Waals surface area contributed by atoms with Gasteiger partial charge in [-0.25, -0.2) is 0 Å². The first-order chi connectivity index (χ1) is 10.1. The Bertz CT molecular complexity index is 736. The third-order valence-corrected chi connectivity index (χ3v) is 3.67. The minimum atomic E-state index is -0.766. The van der Waals surface area contributed by atoms with Crippen LogP contribution in [0.3, 0.4) is 0 Å². The van der Waals surface area contributed by atoms with Gasteiger partial charge in [0, 0.05) is 21.2 Å². The summed E-state index contributed by atoms with van der Waals surface area (Å²) in [5.41, 5.74) is 2.97. The van der Waals surface area contributed by atoms with Gasteiger partial charge in [0.15, 0.2) is 0 Å². The number of aliphatic hydroxyl groups is 1. The maximum Gasteiger partial charge on any atom is 0.108 e. The van der Waals surface area contributed by atoms with Gasteiger partial charge in [-0.15, -0.1) is 0 Å². The van der Waals surface area contributed by atoms with Crippen molar-refractivity contribution in [3.05, 3.63) is 75.9 Å². The van der Waals surface area contributed by atoms with Crippen molar-refractivity contribution in [2.45, 2.75) is 6.10 Å². The number of hydrogen-bond donors (Lipinski definition) is 2. The fourth-order valence-electron chi connectivity index (χ4n) is 2.25. The highest BCUT2D eigenvalue weighted by Crippen LogP contribution is 2.32.